The fraction of sp³-hybridized carbons (Fsp3) is 0.500. The summed E-state index contributed by atoms with van der Waals surface area (Å²) in [4.78, 5) is 12.1. The van der Waals surface area contributed by atoms with Crippen LogP contribution in [0, 0.1) is 0 Å². The highest BCUT2D eigenvalue weighted by atomic mass is 32.2. The zero-order chi connectivity index (χ0) is 14.6. The van der Waals surface area contributed by atoms with Gasteiger partial charge in [0.1, 0.15) is 6.04 Å². The van der Waals surface area contributed by atoms with Crippen LogP contribution in [0.1, 0.15) is 18.4 Å². The molecule has 5 nitrogen and oxygen atoms in total. The fourth-order valence-corrected chi connectivity index (χ4v) is 3.62. The van der Waals surface area contributed by atoms with Crippen molar-refractivity contribution < 1.29 is 13.2 Å². The largest absolute Gasteiger partial charge is 0.354 e. The maximum absolute atomic E-state index is 12.1. The number of amides is 1. The molecule has 0 unspecified atom stereocenters. The van der Waals surface area contributed by atoms with E-state index in [1.807, 2.05) is 30.3 Å². The van der Waals surface area contributed by atoms with Crippen LogP contribution in [-0.2, 0) is 21.2 Å². The Balaban J connectivity index is 1.86. The van der Waals surface area contributed by atoms with Gasteiger partial charge in [0.15, 0.2) is 0 Å². The third kappa shape index (κ3) is 3.80. The summed E-state index contributed by atoms with van der Waals surface area (Å²) in [6, 6.07) is 9.33. The molecule has 0 saturated carbocycles. The molecule has 1 heterocycles. The topological polar surface area (TPSA) is 66.5 Å². The number of hydrogen-bond donors (Lipinski definition) is 1. The quantitative estimate of drug-likeness (QED) is 0.873. The lowest BCUT2D eigenvalue weighted by Crippen LogP contribution is -2.45. The van der Waals surface area contributed by atoms with E-state index in [0.29, 0.717) is 19.5 Å². The molecule has 6 heteroatoms. The van der Waals surface area contributed by atoms with Crippen molar-refractivity contribution in [3.05, 3.63) is 35.9 Å². The first-order valence-corrected chi connectivity index (χ1v) is 8.62. The first-order valence-electron chi connectivity index (χ1n) is 6.77. The van der Waals surface area contributed by atoms with Crippen molar-refractivity contribution >= 4 is 15.9 Å². The molecule has 0 bridgehead atoms. The van der Waals surface area contributed by atoms with Crippen LogP contribution in [0.3, 0.4) is 0 Å². The molecule has 1 saturated heterocycles. The van der Waals surface area contributed by atoms with Crippen molar-refractivity contribution in [2.75, 3.05) is 19.3 Å². The smallest absolute Gasteiger partial charge is 0.238 e. The van der Waals surface area contributed by atoms with Gasteiger partial charge >= 0.3 is 0 Å². The maximum atomic E-state index is 12.1. The lowest BCUT2D eigenvalue weighted by molar-refractivity contribution is -0.124. The first kappa shape index (κ1) is 15.0. The number of nitrogens with zero attached hydrogens (tertiary/aromatic N) is 1. The molecule has 0 aromatic heterocycles. The minimum Gasteiger partial charge on any atom is -0.354 e. The predicted molar refractivity (Wildman–Crippen MR) is 77.7 cm³/mol. The van der Waals surface area contributed by atoms with Gasteiger partial charge in [-0.15, -0.1) is 0 Å². The van der Waals surface area contributed by atoms with E-state index in [0.717, 1.165) is 24.7 Å². The van der Waals surface area contributed by atoms with Crippen LogP contribution < -0.4 is 5.32 Å². The Morgan fingerprint density at radius 2 is 2.05 bits per heavy atom. The van der Waals surface area contributed by atoms with Crippen LogP contribution in [0.4, 0.5) is 0 Å². The Morgan fingerprint density at radius 3 is 2.70 bits per heavy atom. The number of carbonyl (C=O) groups is 1. The highest BCUT2D eigenvalue weighted by Gasteiger charge is 2.36. The molecule has 0 radical (unpaired) electrons. The molecule has 0 aliphatic carbocycles. The van der Waals surface area contributed by atoms with Crippen molar-refractivity contribution in [3.63, 3.8) is 0 Å². The van der Waals surface area contributed by atoms with Gasteiger partial charge in [0, 0.05) is 13.1 Å². The van der Waals surface area contributed by atoms with Crippen LogP contribution in [0.5, 0.6) is 0 Å². The molecule has 0 spiro atoms. The third-order valence-corrected chi connectivity index (χ3v) is 4.78. The summed E-state index contributed by atoms with van der Waals surface area (Å²) in [5, 5.41) is 2.83. The Morgan fingerprint density at radius 1 is 1.35 bits per heavy atom. The molecule has 1 atom stereocenters. The van der Waals surface area contributed by atoms with E-state index in [1.54, 1.807) is 0 Å². The molecule has 1 aliphatic heterocycles. The number of sulfonamides is 1. The van der Waals surface area contributed by atoms with E-state index in [2.05, 4.69) is 5.32 Å². The van der Waals surface area contributed by atoms with Gasteiger partial charge in [0.05, 0.1) is 6.26 Å². The summed E-state index contributed by atoms with van der Waals surface area (Å²) in [5.41, 5.74) is 1.15. The van der Waals surface area contributed by atoms with Crippen molar-refractivity contribution in [3.8, 4) is 0 Å². The van der Waals surface area contributed by atoms with Crippen molar-refractivity contribution in [1.82, 2.24) is 9.62 Å². The van der Waals surface area contributed by atoms with E-state index < -0.39 is 16.1 Å². The second kappa shape index (κ2) is 6.37. The number of nitrogens with one attached hydrogen (secondary N) is 1. The molecule has 2 rings (SSSR count). The summed E-state index contributed by atoms with van der Waals surface area (Å²) in [6.45, 7) is 0.965. The van der Waals surface area contributed by atoms with Crippen LogP contribution in [0.25, 0.3) is 0 Å². The monoisotopic (exact) mass is 296 g/mol. The van der Waals surface area contributed by atoms with E-state index >= 15 is 0 Å². The van der Waals surface area contributed by atoms with Gasteiger partial charge in [-0.25, -0.2) is 8.42 Å². The predicted octanol–water partition coefficient (Wildman–Crippen LogP) is 0.769. The number of hydrogen-bond acceptors (Lipinski definition) is 3. The molecule has 1 N–H and O–H groups in total. The molecule has 1 aromatic rings. The van der Waals surface area contributed by atoms with Crippen molar-refractivity contribution in [1.29, 1.82) is 0 Å². The summed E-state index contributed by atoms with van der Waals surface area (Å²) in [6.07, 6.45) is 3.24. The van der Waals surface area contributed by atoms with Crippen molar-refractivity contribution in [2.24, 2.45) is 0 Å². The van der Waals surface area contributed by atoms with Crippen molar-refractivity contribution in [2.45, 2.75) is 25.3 Å². The molecule has 110 valence electrons. The Hall–Kier alpha value is -1.40. The number of carbonyl (C=O) groups excluding carboxylic acids is 1. The summed E-state index contributed by atoms with van der Waals surface area (Å²) >= 11 is 0. The van der Waals surface area contributed by atoms with Gasteiger partial charge in [-0.1, -0.05) is 30.3 Å². The summed E-state index contributed by atoms with van der Waals surface area (Å²) in [7, 11) is -3.30. The minimum atomic E-state index is -3.30. The normalized spacial score (nSPS) is 19.9. The van der Waals surface area contributed by atoms with E-state index in [-0.39, 0.29) is 5.91 Å². The van der Waals surface area contributed by atoms with Crippen LogP contribution in [-0.4, -0.2) is 44.0 Å². The van der Waals surface area contributed by atoms with Gasteiger partial charge < -0.3 is 5.32 Å². The lowest BCUT2D eigenvalue weighted by Gasteiger charge is -2.21. The Labute approximate surface area is 120 Å². The third-order valence-electron chi connectivity index (χ3n) is 3.49. The Kier molecular flexibility index (Phi) is 4.77. The van der Waals surface area contributed by atoms with E-state index in [4.69, 9.17) is 0 Å². The molecular weight excluding hydrogens is 276 g/mol. The molecule has 1 amide bonds. The van der Waals surface area contributed by atoms with E-state index in [1.165, 1.54) is 4.31 Å². The van der Waals surface area contributed by atoms with E-state index in [9.17, 15) is 13.2 Å². The summed E-state index contributed by atoms with van der Waals surface area (Å²) < 4.78 is 24.5. The van der Waals surface area contributed by atoms with Gasteiger partial charge in [0.2, 0.25) is 15.9 Å². The lowest BCUT2D eigenvalue weighted by atomic mass is 10.1. The fourth-order valence-electron chi connectivity index (χ4n) is 2.49. The highest BCUT2D eigenvalue weighted by molar-refractivity contribution is 7.88. The van der Waals surface area contributed by atoms with Crippen LogP contribution in [0.2, 0.25) is 0 Å². The molecule has 1 aliphatic rings. The summed E-state index contributed by atoms with van der Waals surface area (Å²) in [5.74, 6) is -0.191. The standard InChI is InChI=1S/C14H20N2O3S/c1-20(18,19)16-11-5-8-13(16)14(17)15-10-9-12-6-3-2-4-7-12/h2-4,6-7,13H,5,8-11H2,1H3,(H,15,17)/t13-/m0/s1. The van der Waals surface area contributed by atoms with Gasteiger partial charge in [-0.2, -0.15) is 4.31 Å². The van der Waals surface area contributed by atoms with Crippen LogP contribution >= 0.6 is 0 Å². The number of benzene rings is 1. The molecular formula is C14H20N2O3S. The molecule has 1 fully saturated rings. The second-order valence-corrected chi connectivity index (χ2v) is 6.99. The zero-order valence-electron chi connectivity index (χ0n) is 11.6. The second-order valence-electron chi connectivity index (χ2n) is 5.06. The van der Waals surface area contributed by atoms with Gasteiger partial charge in [0.25, 0.3) is 0 Å². The Bertz CT molecular complexity index is 557. The van der Waals surface area contributed by atoms with Gasteiger partial charge in [-0.05, 0) is 24.8 Å². The number of rotatable bonds is 5. The molecule has 20 heavy (non-hydrogen) atoms. The van der Waals surface area contributed by atoms with Gasteiger partial charge in [-0.3, -0.25) is 4.79 Å². The highest BCUT2D eigenvalue weighted by Crippen LogP contribution is 2.20. The minimum absolute atomic E-state index is 0.191. The average Bonchev–Trinajstić information content (AvgIpc) is 2.89. The van der Waals surface area contributed by atoms with Crippen LogP contribution in [0.15, 0.2) is 30.3 Å². The zero-order valence-corrected chi connectivity index (χ0v) is 12.4. The average molecular weight is 296 g/mol. The molecule has 1 aromatic carbocycles. The SMILES string of the molecule is CS(=O)(=O)N1CCC[C@H]1C(=O)NCCc1ccccc1. The maximum Gasteiger partial charge on any atom is 0.238 e. The first-order chi connectivity index (χ1) is 9.48.